The van der Waals surface area contributed by atoms with Crippen molar-refractivity contribution < 1.29 is 43.9 Å². The van der Waals surface area contributed by atoms with E-state index in [1.807, 2.05) is 12.1 Å². The molecule has 1 N–H and O–H groups in total. The van der Waals surface area contributed by atoms with Crippen LogP contribution in [0.3, 0.4) is 0 Å². The largest absolute Gasteiger partial charge is 0.416 e. The fourth-order valence-electron chi connectivity index (χ4n) is 5.30. The predicted molar refractivity (Wildman–Crippen MR) is 185 cm³/mol. The van der Waals surface area contributed by atoms with E-state index in [9.17, 15) is 43.9 Å². The zero-order valence-corrected chi connectivity index (χ0v) is 30.0. The molecule has 3 heterocycles. The first kappa shape index (κ1) is 39.7. The summed E-state index contributed by atoms with van der Waals surface area (Å²) in [6.07, 6.45) is -3.06. The van der Waals surface area contributed by atoms with Crippen molar-refractivity contribution >= 4 is 31.9 Å². The van der Waals surface area contributed by atoms with E-state index < -0.39 is 41.0 Å². The van der Waals surface area contributed by atoms with Crippen LogP contribution in [0.2, 0.25) is 0 Å². The maximum atomic E-state index is 13.2. The molecule has 0 amide bonds. The molecule has 1 aliphatic rings. The second-order valence-electron chi connectivity index (χ2n) is 11.3. The predicted octanol–water partition coefficient (Wildman–Crippen LogP) is 11.5. The summed E-state index contributed by atoms with van der Waals surface area (Å²) in [6.45, 7) is 1.65. The summed E-state index contributed by atoms with van der Waals surface area (Å²) < 4.78 is 129. The summed E-state index contributed by atoms with van der Waals surface area (Å²) >= 11 is 5.96. The van der Waals surface area contributed by atoms with E-state index in [2.05, 4.69) is 53.2 Å². The summed E-state index contributed by atoms with van der Waals surface area (Å²) in [5, 5.41) is 3.33. The van der Waals surface area contributed by atoms with Gasteiger partial charge in [-0.3, -0.25) is 0 Å². The molecule has 0 unspecified atom stereocenters. The van der Waals surface area contributed by atoms with Gasteiger partial charge in [-0.15, -0.1) is 0 Å². The first-order valence-corrected chi connectivity index (χ1v) is 16.9. The Hall–Kier alpha value is -4.48. The van der Waals surface area contributed by atoms with Crippen molar-refractivity contribution in [2.75, 3.05) is 6.54 Å². The molecule has 0 aliphatic carbocycles. The maximum Gasteiger partial charge on any atom is 0.416 e. The second kappa shape index (κ2) is 16.3. The zero-order valence-electron chi connectivity index (χ0n) is 26.8. The number of fused-ring (bicyclic) bond motifs is 1. The topological polar surface area (TPSA) is 47.7 Å². The average molecular weight is 877 g/mol. The van der Waals surface area contributed by atoms with E-state index in [-0.39, 0.29) is 4.47 Å². The lowest BCUT2D eigenvalue weighted by atomic mass is 9.90. The fourth-order valence-corrected chi connectivity index (χ4v) is 5.99. The number of benzene rings is 4. The van der Waals surface area contributed by atoms with E-state index in [4.69, 9.17) is 0 Å². The minimum atomic E-state index is -4.48. The lowest BCUT2D eigenvalue weighted by molar-refractivity contribution is -0.138. The lowest BCUT2D eigenvalue weighted by Crippen LogP contribution is -2.24. The van der Waals surface area contributed by atoms with Crippen LogP contribution in [-0.2, 0) is 31.5 Å². The second-order valence-corrected chi connectivity index (χ2v) is 13.0. The molecule has 0 saturated heterocycles. The van der Waals surface area contributed by atoms with Crippen molar-refractivity contribution in [2.45, 2.75) is 31.5 Å². The first-order valence-electron chi connectivity index (χ1n) is 15.3. The highest BCUT2D eigenvalue weighted by Gasteiger charge is 2.33. The van der Waals surface area contributed by atoms with Crippen LogP contribution in [0.25, 0.3) is 22.5 Å². The first-order chi connectivity index (χ1) is 24.9. The molecule has 0 spiro atoms. The lowest BCUT2D eigenvalue weighted by Gasteiger charge is -2.22. The average Bonchev–Trinajstić information content (AvgIpc) is 3.84. The number of imidazole rings is 2. The van der Waals surface area contributed by atoms with E-state index in [1.54, 1.807) is 29.2 Å². The van der Waals surface area contributed by atoms with Crippen LogP contribution in [0.1, 0.15) is 27.8 Å². The molecule has 0 atom stereocenters. The van der Waals surface area contributed by atoms with Gasteiger partial charge in [0.15, 0.2) is 0 Å². The molecule has 53 heavy (non-hydrogen) atoms. The Morgan fingerprint density at radius 3 is 1.68 bits per heavy atom. The number of alkyl halides is 9. The van der Waals surface area contributed by atoms with Gasteiger partial charge in [0.05, 0.1) is 45.2 Å². The molecule has 0 radical (unpaired) electrons. The molecule has 6 aromatic rings. The minimum absolute atomic E-state index is 0.0236. The Morgan fingerprint density at radius 1 is 0.604 bits per heavy atom. The van der Waals surface area contributed by atoms with Gasteiger partial charge in [-0.2, -0.15) is 39.5 Å². The number of hydrogen-bond acceptors (Lipinski definition) is 3. The van der Waals surface area contributed by atoms with Gasteiger partial charge in [0.25, 0.3) is 0 Å². The third-order valence-electron chi connectivity index (χ3n) is 7.84. The molecule has 7 rings (SSSR count). The Bertz CT molecular complexity index is 2140. The molecule has 1 aliphatic heterocycles. The quantitative estimate of drug-likeness (QED) is 0.180. The molecule has 4 aromatic carbocycles. The molecule has 17 heteroatoms. The monoisotopic (exact) mass is 875 g/mol. The molecule has 5 nitrogen and oxygen atoms in total. The number of nitrogens with zero attached hydrogens (tertiary/aromatic N) is 4. The van der Waals surface area contributed by atoms with Gasteiger partial charge < -0.3 is 14.5 Å². The smallest absolute Gasteiger partial charge is 0.312 e. The zero-order chi connectivity index (χ0) is 38.6. The third kappa shape index (κ3) is 9.94. The van der Waals surface area contributed by atoms with Crippen LogP contribution in [-0.4, -0.2) is 25.6 Å². The summed E-state index contributed by atoms with van der Waals surface area (Å²) in [4.78, 5) is 7.78. The SMILES string of the molecule is FC(F)(F)c1ccc(-c2cccc3c2CCNC3)c(-n2ccnc2)c1.FC(F)(F)c1ccc(Br)c(-n2ccnc2)c1.Fc1cc(C(F)(F)F)ccc1Br. The normalized spacial score (nSPS) is 13.0. The standard InChI is InChI=1S/C19H16F3N3.C10H6BrF3N2.C7H3BrF4/c20-19(21,22)14-4-5-17(18(10-14)25-9-8-24-12-25)16-3-1-2-13-11-23-7-6-15(13)16;11-8-2-1-7(10(12,13)14)5-9(8)16-4-3-15-6-16;8-5-2-1-4(3-6(5)9)7(10,11)12/h1-5,8-10,12,23H,6-7,11H2;1-6H;1-3H. The fraction of sp³-hybridized carbons (Fsp3) is 0.167. The van der Waals surface area contributed by atoms with Crippen LogP contribution in [0.5, 0.6) is 0 Å². The highest BCUT2D eigenvalue weighted by Crippen LogP contribution is 2.38. The maximum absolute atomic E-state index is 13.2. The van der Waals surface area contributed by atoms with E-state index >= 15 is 0 Å². The number of rotatable bonds is 3. The molecule has 0 saturated carbocycles. The Kier molecular flexibility index (Phi) is 12.2. The van der Waals surface area contributed by atoms with E-state index in [0.717, 1.165) is 61.0 Å². The molecule has 2 aromatic heterocycles. The van der Waals surface area contributed by atoms with Crippen LogP contribution in [0, 0.1) is 5.82 Å². The van der Waals surface area contributed by atoms with Gasteiger partial charge in [0.1, 0.15) is 5.82 Å². The molecule has 0 bridgehead atoms. The van der Waals surface area contributed by atoms with Crippen molar-refractivity contribution in [1.82, 2.24) is 24.4 Å². The van der Waals surface area contributed by atoms with Gasteiger partial charge >= 0.3 is 18.5 Å². The number of halogens is 12. The summed E-state index contributed by atoms with van der Waals surface area (Å²) in [7, 11) is 0. The van der Waals surface area contributed by atoms with E-state index in [1.165, 1.54) is 46.7 Å². The van der Waals surface area contributed by atoms with Crippen molar-refractivity contribution in [3.8, 4) is 22.5 Å². The summed E-state index contributed by atoms with van der Waals surface area (Å²) in [6, 6.07) is 15.7. The van der Waals surface area contributed by atoms with Gasteiger partial charge in [0.2, 0.25) is 0 Å². The number of hydrogen-bond donors (Lipinski definition) is 1. The van der Waals surface area contributed by atoms with Crippen molar-refractivity contribution in [2.24, 2.45) is 0 Å². The Balaban J connectivity index is 0.000000166. The van der Waals surface area contributed by atoms with Gasteiger partial charge in [-0.25, -0.2) is 14.4 Å². The van der Waals surface area contributed by atoms with Gasteiger partial charge in [-0.1, -0.05) is 24.3 Å². The van der Waals surface area contributed by atoms with Crippen LogP contribution in [0.15, 0.2) is 119 Å². The van der Waals surface area contributed by atoms with E-state index in [0.29, 0.717) is 21.9 Å². The van der Waals surface area contributed by atoms with Crippen molar-refractivity contribution in [3.63, 3.8) is 0 Å². The van der Waals surface area contributed by atoms with Crippen molar-refractivity contribution in [3.05, 3.63) is 153 Å². The molecule has 0 fully saturated rings. The van der Waals surface area contributed by atoms with Gasteiger partial charge in [0, 0.05) is 41.4 Å². The number of aromatic nitrogens is 4. The highest BCUT2D eigenvalue weighted by atomic mass is 79.9. The molecule has 278 valence electrons. The minimum Gasteiger partial charge on any atom is -0.312 e. The van der Waals surface area contributed by atoms with Crippen LogP contribution in [0.4, 0.5) is 43.9 Å². The van der Waals surface area contributed by atoms with Crippen LogP contribution >= 0.6 is 31.9 Å². The third-order valence-corrected chi connectivity index (χ3v) is 9.15. The summed E-state index contributed by atoms with van der Waals surface area (Å²) in [5.74, 6) is -0.912. The Labute approximate surface area is 312 Å². The van der Waals surface area contributed by atoms with Gasteiger partial charge in [-0.05, 0) is 110 Å². The molecular weight excluding hydrogens is 852 g/mol. The highest BCUT2D eigenvalue weighted by molar-refractivity contribution is 9.10. The van der Waals surface area contributed by atoms with Crippen molar-refractivity contribution in [1.29, 1.82) is 0 Å². The molecular formula is C36H25Br2F10N5. The number of nitrogens with one attached hydrogen (secondary N) is 1. The Morgan fingerprint density at radius 2 is 1.13 bits per heavy atom. The van der Waals surface area contributed by atoms with Crippen LogP contribution < -0.4 is 5.32 Å². The summed E-state index contributed by atoms with van der Waals surface area (Å²) in [5.41, 5.74) is 2.73.